The van der Waals surface area contributed by atoms with Crippen LogP contribution in [-0.2, 0) is 11.2 Å². The molecule has 23 heavy (non-hydrogen) atoms. The molecule has 1 aliphatic heterocycles. The topological polar surface area (TPSA) is 87.4 Å². The first-order chi connectivity index (χ1) is 11.1. The lowest BCUT2D eigenvalue weighted by Crippen LogP contribution is -2.48. The van der Waals surface area contributed by atoms with Gasteiger partial charge in [0.15, 0.2) is 5.82 Å². The third-order valence-corrected chi connectivity index (χ3v) is 4.49. The molecule has 0 radical (unpaired) electrons. The number of nitrogens with zero attached hydrogens (tertiary/aromatic N) is 5. The largest absolute Gasteiger partial charge is 0.360 e. The second kappa shape index (κ2) is 7.05. The van der Waals surface area contributed by atoms with Crippen molar-refractivity contribution >= 4 is 28.4 Å². The molecule has 124 valence electrons. The molecule has 2 aromatic heterocycles. The average molecular weight is 336 g/mol. The van der Waals surface area contributed by atoms with Gasteiger partial charge < -0.3 is 14.7 Å². The number of nitrogens with one attached hydrogen (secondary N) is 1. The number of amides is 1. The summed E-state index contributed by atoms with van der Waals surface area (Å²) in [6.45, 7) is 7.57. The molecule has 0 aliphatic carbocycles. The number of piperazine rings is 1. The highest BCUT2D eigenvalue weighted by molar-refractivity contribution is 7.09. The number of carbonyl (C=O) groups is 1. The summed E-state index contributed by atoms with van der Waals surface area (Å²) < 4.78 is 9.25. The first-order valence-electron chi connectivity index (χ1n) is 7.67. The van der Waals surface area contributed by atoms with Gasteiger partial charge in [0.25, 0.3) is 0 Å². The summed E-state index contributed by atoms with van der Waals surface area (Å²) in [6, 6.07) is 1.70. The van der Waals surface area contributed by atoms with Crippen molar-refractivity contribution in [3.05, 3.63) is 17.7 Å². The first-order valence-corrected chi connectivity index (χ1v) is 8.44. The number of hydrogen-bond acceptors (Lipinski definition) is 8. The zero-order chi connectivity index (χ0) is 16.2. The Morgan fingerprint density at radius 1 is 1.39 bits per heavy atom. The SMILES string of the molecule is CCc1nsc(N2CCN(CC(=O)Nc3cc(C)on3)CC2)n1. The van der Waals surface area contributed by atoms with Crippen LogP contribution in [0.3, 0.4) is 0 Å². The zero-order valence-corrected chi connectivity index (χ0v) is 14.1. The van der Waals surface area contributed by atoms with Crippen LogP contribution in [-0.4, -0.2) is 58.0 Å². The van der Waals surface area contributed by atoms with Gasteiger partial charge in [-0.1, -0.05) is 12.1 Å². The van der Waals surface area contributed by atoms with E-state index in [0.29, 0.717) is 18.1 Å². The Bertz CT molecular complexity index is 662. The fourth-order valence-corrected chi connectivity index (χ4v) is 3.23. The minimum Gasteiger partial charge on any atom is -0.360 e. The molecule has 0 saturated carbocycles. The van der Waals surface area contributed by atoms with Crippen molar-refractivity contribution in [3.8, 4) is 0 Å². The van der Waals surface area contributed by atoms with Gasteiger partial charge in [-0.2, -0.15) is 4.37 Å². The number of rotatable bonds is 5. The van der Waals surface area contributed by atoms with E-state index in [1.807, 2.05) is 0 Å². The van der Waals surface area contributed by atoms with E-state index >= 15 is 0 Å². The van der Waals surface area contributed by atoms with Crippen molar-refractivity contribution in [2.75, 3.05) is 42.9 Å². The van der Waals surface area contributed by atoms with E-state index in [1.165, 1.54) is 11.5 Å². The molecular weight excluding hydrogens is 316 g/mol. The van der Waals surface area contributed by atoms with Crippen LogP contribution in [0.25, 0.3) is 0 Å². The fraction of sp³-hybridized carbons (Fsp3) is 0.571. The third-order valence-electron chi connectivity index (χ3n) is 3.68. The fourth-order valence-electron chi connectivity index (χ4n) is 2.42. The summed E-state index contributed by atoms with van der Waals surface area (Å²) >= 11 is 1.45. The molecule has 1 aliphatic rings. The Morgan fingerprint density at radius 2 is 2.17 bits per heavy atom. The molecule has 3 rings (SSSR count). The molecular formula is C14H20N6O2S. The van der Waals surface area contributed by atoms with Gasteiger partial charge in [-0.15, -0.1) is 0 Å². The second-order valence-electron chi connectivity index (χ2n) is 5.48. The van der Waals surface area contributed by atoms with Crippen LogP contribution in [0.5, 0.6) is 0 Å². The predicted molar refractivity (Wildman–Crippen MR) is 87.8 cm³/mol. The summed E-state index contributed by atoms with van der Waals surface area (Å²) in [6.07, 6.45) is 0.859. The van der Waals surface area contributed by atoms with Gasteiger partial charge in [-0.05, 0) is 6.92 Å². The Morgan fingerprint density at radius 3 is 2.78 bits per heavy atom. The highest BCUT2D eigenvalue weighted by atomic mass is 32.1. The molecule has 1 saturated heterocycles. The molecule has 2 aromatic rings. The molecule has 0 atom stereocenters. The van der Waals surface area contributed by atoms with Crippen LogP contribution in [0.4, 0.5) is 10.9 Å². The van der Waals surface area contributed by atoms with Gasteiger partial charge in [0.2, 0.25) is 11.0 Å². The van der Waals surface area contributed by atoms with Gasteiger partial charge in [0.1, 0.15) is 11.6 Å². The van der Waals surface area contributed by atoms with Gasteiger partial charge in [0, 0.05) is 50.2 Å². The van der Waals surface area contributed by atoms with Gasteiger partial charge in [0.05, 0.1) is 6.54 Å². The Hall–Kier alpha value is -2.00. The van der Waals surface area contributed by atoms with Crippen molar-refractivity contribution in [1.82, 2.24) is 19.4 Å². The molecule has 1 N–H and O–H groups in total. The van der Waals surface area contributed by atoms with Crippen molar-refractivity contribution in [2.45, 2.75) is 20.3 Å². The van der Waals surface area contributed by atoms with E-state index in [2.05, 4.69) is 36.6 Å². The van der Waals surface area contributed by atoms with Crippen molar-refractivity contribution in [2.24, 2.45) is 0 Å². The minimum atomic E-state index is -0.0732. The maximum absolute atomic E-state index is 12.0. The van der Waals surface area contributed by atoms with Crippen molar-refractivity contribution in [3.63, 3.8) is 0 Å². The lowest BCUT2D eigenvalue weighted by Gasteiger charge is -2.33. The molecule has 1 amide bonds. The van der Waals surface area contributed by atoms with E-state index < -0.39 is 0 Å². The Labute approximate surface area is 138 Å². The van der Waals surface area contributed by atoms with Crippen molar-refractivity contribution < 1.29 is 9.32 Å². The van der Waals surface area contributed by atoms with Crippen LogP contribution >= 0.6 is 11.5 Å². The Kier molecular flexibility index (Phi) is 4.87. The van der Waals surface area contributed by atoms with Crippen LogP contribution in [0.2, 0.25) is 0 Å². The maximum atomic E-state index is 12.0. The van der Waals surface area contributed by atoms with E-state index in [1.54, 1.807) is 13.0 Å². The smallest absolute Gasteiger partial charge is 0.239 e. The van der Waals surface area contributed by atoms with E-state index in [0.717, 1.165) is 43.6 Å². The highest BCUT2D eigenvalue weighted by Gasteiger charge is 2.21. The standard InChI is InChI=1S/C14H20N6O2S/c1-3-11-16-14(23-18-11)20-6-4-19(5-7-20)9-13(21)15-12-8-10(2)22-17-12/h8H,3-7,9H2,1-2H3,(H,15,17,21). The molecule has 1 fully saturated rings. The molecule has 3 heterocycles. The van der Waals surface area contributed by atoms with E-state index in [4.69, 9.17) is 4.52 Å². The summed E-state index contributed by atoms with van der Waals surface area (Å²) in [5.74, 6) is 1.97. The number of anilines is 2. The summed E-state index contributed by atoms with van der Waals surface area (Å²) in [5.41, 5.74) is 0. The average Bonchev–Trinajstić information content (AvgIpc) is 3.17. The normalized spacial score (nSPS) is 15.8. The number of hydrogen-bond donors (Lipinski definition) is 1. The second-order valence-corrected chi connectivity index (χ2v) is 6.21. The summed E-state index contributed by atoms with van der Waals surface area (Å²) in [4.78, 5) is 20.9. The molecule has 0 unspecified atom stereocenters. The molecule has 8 nitrogen and oxygen atoms in total. The van der Waals surface area contributed by atoms with E-state index in [9.17, 15) is 4.79 Å². The van der Waals surface area contributed by atoms with Crippen LogP contribution in [0, 0.1) is 6.92 Å². The predicted octanol–water partition coefficient (Wildman–Crippen LogP) is 1.16. The van der Waals surface area contributed by atoms with Crippen LogP contribution < -0.4 is 10.2 Å². The van der Waals surface area contributed by atoms with Gasteiger partial charge >= 0.3 is 0 Å². The van der Waals surface area contributed by atoms with Crippen LogP contribution in [0.1, 0.15) is 18.5 Å². The molecule has 0 bridgehead atoms. The number of aromatic nitrogens is 3. The first kappa shape index (κ1) is 15.9. The summed E-state index contributed by atoms with van der Waals surface area (Å²) in [5, 5.41) is 7.48. The van der Waals surface area contributed by atoms with Crippen LogP contribution in [0.15, 0.2) is 10.6 Å². The van der Waals surface area contributed by atoms with Gasteiger partial charge in [-0.25, -0.2) is 4.98 Å². The highest BCUT2D eigenvalue weighted by Crippen LogP contribution is 2.19. The minimum absolute atomic E-state index is 0.0732. The molecule has 9 heteroatoms. The zero-order valence-electron chi connectivity index (χ0n) is 13.3. The van der Waals surface area contributed by atoms with Gasteiger partial charge in [-0.3, -0.25) is 9.69 Å². The number of aryl methyl sites for hydroxylation is 2. The lowest BCUT2D eigenvalue weighted by molar-refractivity contribution is -0.117. The molecule has 0 aromatic carbocycles. The van der Waals surface area contributed by atoms with E-state index in [-0.39, 0.29) is 5.91 Å². The Balaban J connectivity index is 1.46. The summed E-state index contributed by atoms with van der Waals surface area (Å²) in [7, 11) is 0. The number of carbonyl (C=O) groups excluding carboxylic acids is 1. The monoisotopic (exact) mass is 336 g/mol. The molecule has 0 spiro atoms. The third kappa shape index (κ3) is 4.05. The lowest BCUT2D eigenvalue weighted by atomic mass is 10.3. The quantitative estimate of drug-likeness (QED) is 0.876. The maximum Gasteiger partial charge on any atom is 0.239 e. The van der Waals surface area contributed by atoms with Crippen molar-refractivity contribution in [1.29, 1.82) is 0 Å².